The minimum atomic E-state index is -0.549. The SMILES string of the molecule is CC1CCCN(Cc2ccc(NC(=O)C(N)Cc3ccccc3)cc2)C1. The fourth-order valence-electron chi connectivity index (χ4n) is 3.58. The lowest BCUT2D eigenvalue weighted by Gasteiger charge is -2.30. The molecule has 4 heteroatoms. The van der Waals surface area contributed by atoms with E-state index in [1.54, 1.807) is 0 Å². The predicted octanol–water partition coefficient (Wildman–Crippen LogP) is 3.43. The van der Waals surface area contributed by atoms with Crippen LogP contribution < -0.4 is 11.1 Å². The average Bonchev–Trinajstić information content (AvgIpc) is 2.64. The van der Waals surface area contributed by atoms with Crippen molar-refractivity contribution in [1.29, 1.82) is 0 Å². The van der Waals surface area contributed by atoms with Crippen LogP contribution in [0.5, 0.6) is 0 Å². The molecule has 26 heavy (non-hydrogen) atoms. The van der Waals surface area contributed by atoms with Gasteiger partial charge in [-0.05, 0) is 55.0 Å². The zero-order valence-electron chi connectivity index (χ0n) is 15.5. The summed E-state index contributed by atoms with van der Waals surface area (Å²) in [5.74, 6) is 0.639. The average molecular weight is 351 g/mol. The van der Waals surface area contributed by atoms with Gasteiger partial charge in [0, 0.05) is 18.8 Å². The van der Waals surface area contributed by atoms with Gasteiger partial charge in [0.05, 0.1) is 6.04 Å². The minimum absolute atomic E-state index is 0.147. The highest BCUT2D eigenvalue weighted by Crippen LogP contribution is 2.19. The number of carbonyl (C=O) groups excluding carboxylic acids is 1. The van der Waals surface area contributed by atoms with Crippen LogP contribution in [-0.4, -0.2) is 29.9 Å². The molecule has 138 valence electrons. The van der Waals surface area contributed by atoms with Gasteiger partial charge in [0.25, 0.3) is 0 Å². The Morgan fingerprint density at radius 1 is 1.15 bits per heavy atom. The Hall–Kier alpha value is -2.17. The second kappa shape index (κ2) is 8.97. The van der Waals surface area contributed by atoms with Gasteiger partial charge < -0.3 is 11.1 Å². The van der Waals surface area contributed by atoms with Crippen molar-refractivity contribution in [1.82, 2.24) is 4.90 Å². The van der Waals surface area contributed by atoms with Crippen LogP contribution >= 0.6 is 0 Å². The van der Waals surface area contributed by atoms with Crippen LogP contribution in [0, 0.1) is 5.92 Å². The number of hydrogen-bond acceptors (Lipinski definition) is 3. The normalized spacial score (nSPS) is 19.1. The Balaban J connectivity index is 1.51. The largest absolute Gasteiger partial charge is 0.325 e. The topological polar surface area (TPSA) is 58.4 Å². The first-order valence-corrected chi connectivity index (χ1v) is 9.52. The number of anilines is 1. The molecule has 1 heterocycles. The van der Waals surface area contributed by atoms with Crippen molar-refractivity contribution >= 4 is 11.6 Å². The number of likely N-dealkylation sites (tertiary alicyclic amines) is 1. The molecule has 2 aromatic carbocycles. The van der Waals surface area contributed by atoms with Crippen molar-refractivity contribution in [3.63, 3.8) is 0 Å². The molecule has 1 fully saturated rings. The van der Waals surface area contributed by atoms with Crippen LogP contribution in [0.25, 0.3) is 0 Å². The molecule has 0 aliphatic carbocycles. The number of amides is 1. The lowest BCUT2D eigenvalue weighted by atomic mass is 10.00. The summed E-state index contributed by atoms with van der Waals surface area (Å²) in [6.07, 6.45) is 3.16. The van der Waals surface area contributed by atoms with Gasteiger partial charge in [-0.3, -0.25) is 9.69 Å². The van der Waals surface area contributed by atoms with E-state index in [1.807, 2.05) is 42.5 Å². The molecule has 1 saturated heterocycles. The first-order valence-electron chi connectivity index (χ1n) is 9.52. The monoisotopic (exact) mass is 351 g/mol. The van der Waals surface area contributed by atoms with Crippen LogP contribution in [0.15, 0.2) is 54.6 Å². The third-order valence-electron chi connectivity index (χ3n) is 5.00. The fraction of sp³-hybridized carbons (Fsp3) is 0.409. The third kappa shape index (κ3) is 5.41. The standard InChI is InChI=1S/C22H29N3O/c1-17-6-5-13-25(15-17)16-19-9-11-20(12-10-19)24-22(26)21(23)14-18-7-3-2-4-8-18/h2-4,7-12,17,21H,5-6,13-16,23H2,1H3,(H,24,26). The number of rotatable bonds is 6. The molecule has 4 nitrogen and oxygen atoms in total. The second-order valence-corrected chi connectivity index (χ2v) is 7.46. The van der Waals surface area contributed by atoms with Gasteiger partial charge in [-0.1, -0.05) is 49.4 Å². The molecule has 1 aliphatic rings. The molecule has 2 aromatic rings. The molecule has 0 radical (unpaired) electrons. The van der Waals surface area contributed by atoms with Crippen LogP contribution in [0.2, 0.25) is 0 Å². The number of carbonyl (C=O) groups is 1. The van der Waals surface area contributed by atoms with Crippen molar-refractivity contribution in [2.24, 2.45) is 11.7 Å². The van der Waals surface area contributed by atoms with Crippen molar-refractivity contribution in [2.45, 2.75) is 38.8 Å². The highest BCUT2D eigenvalue weighted by atomic mass is 16.2. The summed E-state index contributed by atoms with van der Waals surface area (Å²) in [5.41, 5.74) is 9.20. The third-order valence-corrected chi connectivity index (χ3v) is 5.00. The molecular formula is C22H29N3O. The summed E-state index contributed by atoms with van der Waals surface area (Å²) in [5, 5.41) is 2.92. The fourth-order valence-corrected chi connectivity index (χ4v) is 3.58. The van der Waals surface area contributed by atoms with Gasteiger partial charge in [-0.25, -0.2) is 0 Å². The Morgan fingerprint density at radius 2 is 1.88 bits per heavy atom. The Kier molecular flexibility index (Phi) is 6.42. The van der Waals surface area contributed by atoms with E-state index in [1.165, 1.54) is 31.5 Å². The maximum absolute atomic E-state index is 12.3. The zero-order valence-corrected chi connectivity index (χ0v) is 15.5. The van der Waals surface area contributed by atoms with E-state index in [0.29, 0.717) is 6.42 Å². The lowest BCUT2D eigenvalue weighted by Crippen LogP contribution is -2.37. The number of piperidine rings is 1. The molecule has 1 amide bonds. The zero-order chi connectivity index (χ0) is 18.4. The first kappa shape index (κ1) is 18.6. The summed E-state index contributed by atoms with van der Waals surface area (Å²) < 4.78 is 0. The smallest absolute Gasteiger partial charge is 0.241 e. The summed E-state index contributed by atoms with van der Waals surface area (Å²) in [6, 6.07) is 17.4. The maximum Gasteiger partial charge on any atom is 0.241 e. The van der Waals surface area contributed by atoms with Crippen LogP contribution in [0.3, 0.4) is 0 Å². The summed E-state index contributed by atoms with van der Waals surface area (Å²) >= 11 is 0. The van der Waals surface area contributed by atoms with E-state index in [0.717, 1.165) is 23.7 Å². The molecule has 3 N–H and O–H groups in total. The maximum atomic E-state index is 12.3. The molecule has 0 saturated carbocycles. The predicted molar refractivity (Wildman–Crippen MR) is 107 cm³/mol. The van der Waals surface area contributed by atoms with E-state index in [2.05, 4.69) is 29.3 Å². The molecule has 2 atom stereocenters. The van der Waals surface area contributed by atoms with Gasteiger partial charge in [-0.2, -0.15) is 0 Å². The van der Waals surface area contributed by atoms with E-state index < -0.39 is 6.04 Å². The van der Waals surface area contributed by atoms with Crippen molar-refractivity contribution < 1.29 is 4.79 Å². The Labute approximate surface area is 156 Å². The number of nitrogens with zero attached hydrogens (tertiary/aromatic N) is 1. The highest BCUT2D eigenvalue weighted by molar-refractivity contribution is 5.94. The molecule has 3 rings (SSSR count). The minimum Gasteiger partial charge on any atom is -0.325 e. The van der Waals surface area contributed by atoms with Gasteiger partial charge in [0.2, 0.25) is 5.91 Å². The van der Waals surface area contributed by atoms with E-state index >= 15 is 0 Å². The van der Waals surface area contributed by atoms with E-state index in [4.69, 9.17) is 5.73 Å². The molecule has 0 spiro atoms. The molecule has 0 bridgehead atoms. The van der Waals surface area contributed by atoms with Gasteiger partial charge in [0.1, 0.15) is 0 Å². The number of nitrogens with one attached hydrogen (secondary N) is 1. The quantitative estimate of drug-likeness (QED) is 0.838. The molecule has 0 aromatic heterocycles. The first-order chi connectivity index (χ1) is 12.6. The van der Waals surface area contributed by atoms with Crippen LogP contribution in [0.4, 0.5) is 5.69 Å². The second-order valence-electron chi connectivity index (χ2n) is 7.46. The van der Waals surface area contributed by atoms with Gasteiger partial charge in [0.15, 0.2) is 0 Å². The van der Waals surface area contributed by atoms with Crippen LogP contribution in [-0.2, 0) is 17.8 Å². The molecule has 1 aliphatic heterocycles. The van der Waals surface area contributed by atoms with Crippen molar-refractivity contribution in [3.8, 4) is 0 Å². The number of hydrogen-bond donors (Lipinski definition) is 2. The summed E-state index contributed by atoms with van der Waals surface area (Å²) in [4.78, 5) is 14.8. The van der Waals surface area contributed by atoms with Crippen molar-refractivity contribution in [2.75, 3.05) is 18.4 Å². The van der Waals surface area contributed by atoms with Gasteiger partial charge >= 0.3 is 0 Å². The van der Waals surface area contributed by atoms with Crippen LogP contribution in [0.1, 0.15) is 30.9 Å². The van der Waals surface area contributed by atoms with Crippen molar-refractivity contribution in [3.05, 3.63) is 65.7 Å². The lowest BCUT2D eigenvalue weighted by molar-refractivity contribution is -0.117. The van der Waals surface area contributed by atoms with E-state index in [9.17, 15) is 4.79 Å². The van der Waals surface area contributed by atoms with Gasteiger partial charge in [-0.15, -0.1) is 0 Å². The highest BCUT2D eigenvalue weighted by Gasteiger charge is 2.17. The molecule has 2 unspecified atom stereocenters. The number of benzene rings is 2. The summed E-state index contributed by atoms with van der Waals surface area (Å²) in [7, 11) is 0. The summed E-state index contributed by atoms with van der Waals surface area (Å²) in [6.45, 7) is 5.65. The molecular weight excluding hydrogens is 322 g/mol. The number of nitrogens with two attached hydrogens (primary N) is 1. The Morgan fingerprint density at radius 3 is 2.58 bits per heavy atom. The van der Waals surface area contributed by atoms with E-state index in [-0.39, 0.29) is 5.91 Å². The Bertz CT molecular complexity index is 699.